The molecule has 51 heavy (non-hydrogen) atoms. The van der Waals surface area contributed by atoms with E-state index in [1.807, 2.05) is 48.5 Å². The van der Waals surface area contributed by atoms with Crippen LogP contribution in [0.2, 0.25) is 5.15 Å². The number of benzene rings is 2. The first kappa shape index (κ1) is 38.0. The van der Waals surface area contributed by atoms with Gasteiger partial charge in [-0.3, -0.25) is 4.79 Å². The molecule has 4 aromatic rings. The fourth-order valence-electron chi connectivity index (χ4n) is 5.04. The molecule has 2 heterocycles. The fourth-order valence-corrected chi connectivity index (χ4v) is 5.33. The number of aryl methyl sites for hydroxylation is 1. The molecular weight excluding hydrogens is 694 g/mol. The Morgan fingerprint density at radius 3 is 2.43 bits per heavy atom. The fraction of sp³-hybridized carbons (Fsp3) is 0.419. The summed E-state index contributed by atoms with van der Waals surface area (Å²) in [4.78, 5) is 59.1. The summed E-state index contributed by atoms with van der Waals surface area (Å²) in [6, 6.07) is 15.6. The zero-order valence-corrected chi connectivity index (χ0v) is 28.3. The van der Waals surface area contributed by atoms with Gasteiger partial charge in [0.15, 0.2) is 5.15 Å². The van der Waals surface area contributed by atoms with Crippen LogP contribution in [-0.4, -0.2) is 84.9 Å². The average molecular weight is 730 g/mol. The van der Waals surface area contributed by atoms with Crippen LogP contribution in [0.25, 0.3) is 22.5 Å². The second-order valence-corrected chi connectivity index (χ2v) is 11.4. The first-order chi connectivity index (χ1) is 24.7. The molecule has 1 amide bonds. The number of hydrogen-bond acceptors (Lipinski definition) is 14. The molecule has 272 valence electrons. The molecule has 19 nitrogen and oxygen atoms in total. The number of carbonyl (C=O) groups excluding carboxylic acids is 2. The molecule has 0 aliphatic rings. The third-order valence-corrected chi connectivity index (χ3v) is 7.70. The summed E-state index contributed by atoms with van der Waals surface area (Å²) in [6.45, 7) is 1.47. The molecule has 0 bridgehead atoms. The molecule has 0 aliphatic heterocycles. The summed E-state index contributed by atoms with van der Waals surface area (Å²) in [5.74, 6) is 0.654. The van der Waals surface area contributed by atoms with Crippen LogP contribution in [0.1, 0.15) is 60.9 Å². The lowest BCUT2D eigenvalue weighted by atomic mass is 9.98. The van der Waals surface area contributed by atoms with E-state index in [0.29, 0.717) is 24.6 Å². The Labute approximate surface area is 295 Å². The predicted molar refractivity (Wildman–Crippen MR) is 178 cm³/mol. The minimum absolute atomic E-state index is 0.0371. The van der Waals surface area contributed by atoms with Gasteiger partial charge in [-0.1, -0.05) is 73.5 Å². The number of aromatic nitrogens is 6. The number of hydrogen-bond donors (Lipinski definition) is 2. The minimum atomic E-state index is -1.15. The third-order valence-electron chi connectivity index (χ3n) is 7.44. The van der Waals surface area contributed by atoms with Crippen molar-refractivity contribution in [3.05, 3.63) is 91.0 Å². The number of amides is 1. The summed E-state index contributed by atoms with van der Waals surface area (Å²) in [5, 5.41) is 35.8. The van der Waals surface area contributed by atoms with Crippen LogP contribution in [0.15, 0.2) is 48.5 Å². The zero-order chi connectivity index (χ0) is 36.6. The van der Waals surface area contributed by atoms with Crippen molar-refractivity contribution in [1.29, 1.82) is 0 Å². The van der Waals surface area contributed by atoms with Gasteiger partial charge in [0.05, 0.1) is 13.2 Å². The maximum Gasteiger partial charge on any atom is 0.508 e. The largest absolute Gasteiger partial charge is 0.508 e. The van der Waals surface area contributed by atoms with E-state index in [1.54, 1.807) is 4.57 Å². The van der Waals surface area contributed by atoms with Gasteiger partial charge in [0.2, 0.25) is 5.82 Å². The van der Waals surface area contributed by atoms with E-state index in [1.165, 1.54) is 0 Å². The van der Waals surface area contributed by atoms with Gasteiger partial charge in [-0.25, -0.2) is 9.78 Å². The number of unbranched alkanes of at least 4 members (excludes halogenated alkanes) is 2. The Morgan fingerprint density at radius 1 is 1.00 bits per heavy atom. The first-order valence-electron chi connectivity index (χ1n) is 16.0. The number of imidazole rings is 1. The molecule has 2 aromatic heterocycles. The van der Waals surface area contributed by atoms with Gasteiger partial charge in [-0.2, -0.15) is 5.21 Å². The Bertz CT molecular complexity index is 1750. The molecule has 1 atom stereocenters. The third kappa shape index (κ3) is 11.6. The van der Waals surface area contributed by atoms with Crippen molar-refractivity contribution < 1.29 is 38.9 Å². The molecule has 0 fully saturated rings. The van der Waals surface area contributed by atoms with Gasteiger partial charge in [-0.05, 0) is 47.6 Å². The average Bonchev–Trinajstić information content (AvgIpc) is 3.76. The summed E-state index contributed by atoms with van der Waals surface area (Å²) < 4.78 is 11.8. The van der Waals surface area contributed by atoms with Crippen LogP contribution < -0.4 is 5.32 Å². The normalized spacial score (nSPS) is 11.4. The smallest absolute Gasteiger partial charge is 0.434 e. The summed E-state index contributed by atoms with van der Waals surface area (Å²) in [5.41, 5.74) is 3.80. The number of rotatable bonds is 21. The molecule has 2 N–H and O–H groups in total. The lowest BCUT2D eigenvalue weighted by molar-refractivity contribution is -0.790. The lowest BCUT2D eigenvalue weighted by Gasteiger charge is -2.14. The molecule has 0 radical (unpaired) electrons. The van der Waals surface area contributed by atoms with Crippen molar-refractivity contribution in [2.24, 2.45) is 0 Å². The van der Waals surface area contributed by atoms with Gasteiger partial charge in [0.25, 0.3) is 16.1 Å². The lowest BCUT2D eigenvalue weighted by Crippen LogP contribution is -2.30. The van der Waals surface area contributed by atoms with Crippen LogP contribution in [0.4, 0.5) is 4.79 Å². The Morgan fingerprint density at radius 2 is 1.75 bits per heavy atom. The molecule has 4 rings (SSSR count). The van der Waals surface area contributed by atoms with E-state index < -0.39 is 34.9 Å². The number of tetrazole rings is 1. The van der Waals surface area contributed by atoms with Crippen molar-refractivity contribution in [2.45, 2.75) is 58.1 Å². The highest BCUT2D eigenvalue weighted by atomic mass is 35.5. The quantitative estimate of drug-likeness (QED) is 0.0515. The standard InChI is InChI=1S/C31H36ClN9O10/c1-2-3-11-26-34-28(32)27(30(42)33-16-18-49-31(43)48-17-7-6-8-23(51-41(46)47)20-50-40(44)45)39(26)19-21-12-14-22(15-13-21)24-9-4-5-10-25(24)29-35-37-38-36-29/h4-5,9-10,12-15,23H,2-3,6-8,11,16-20H2,1H3,(H,33,42)(H,35,36,37,38). The molecular formula is C31H36ClN9O10. The second kappa shape index (κ2) is 19.4. The Balaban J connectivity index is 1.29. The van der Waals surface area contributed by atoms with E-state index in [0.717, 1.165) is 35.1 Å². The van der Waals surface area contributed by atoms with Gasteiger partial charge in [0.1, 0.15) is 30.8 Å². The van der Waals surface area contributed by atoms with Gasteiger partial charge in [0, 0.05) is 18.5 Å². The number of nitrogens with one attached hydrogen (secondary N) is 2. The molecule has 20 heteroatoms. The van der Waals surface area contributed by atoms with Crippen molar-refractivity contribution in [3.8, 4) is 22.5 Å². The highest BCUT2D eigenvalue weighted by Gasteiger charge is 2.22. The predicted octanol–water partition coefficient (Wildman–Crippen LogP) is 4.61. The highest BCUT2D eigenvalue weighted by Crippen LogP contribution is 2.30. The van der Waals surface area contributed by atoms with E-state index >= 15 is 0 Å². The van der Waals surface area contributed by atoms with Crippen LogP contribution in [0.3, 0.4) is 0 Å². The first-order valence-corrected chi connectivity index (χ1v) is 16.4. The maximum absolute atomic E-state index is 13.3. The highest BCUT2D eigenvalue weighted by molar-refractivity contribution is 6.32. The van der Waals surface area contributed by atoms with Crippen molar-refractivity contribution in [1.82, 2.24) is 35.5 Å². The zero-order valence-electron chi connectivity index (χ0n) is 27.6. The second-order valence-electron chi connectivity index (χ2n) is 11.0. The van der Waals surface area contributed by atoms with Gasteiger partial charge < -0.3 is 29.0 Å². The van der Waals surface area contributed by atoms with Crippen LogP contribution in [0, 0.1) is 20.2 Å². The van der Waals surface area contributed by atoms with E-state index in [2.05, 4.69) is 47.5 Å². The molecule has 0 spiro atoms. The van der Waals surface area contributed by atoms with E-state index in [-0.39, 0.29) is 49.9 Å². The maximum atomic E-state index is 13.3. The van der Waals surface area contributed by atoms with Crippen LogP contribution in [-0.2, 0) is 32.1 Å². The van der Waals surface area contributed by atoms with E-state index in [9.17, 15) is 29.8 Å². The molecule has 0 saturated heterocycles. The minimum Gasteiger partial charge on any atom is -0.434 e. The summed E-state index contributed by atoms with van der Waals surface area (Å²) in [6.07, 6.45) is 0.881. The molecule has 2 aromatic carbocycles. The number of carbonyl (C=O) groups is 2. The van der Waals surface area contributed by atoms with Crippen LogP contribution in [0.5, 0.6) is 0 Å². The SMILES string of the molecule is CCCCc1nc(Cl)c(C(=O)NCCOC(=O)OCCCCC(CO[N+](=O)[O-])O[N+](=O)[O-])n1Cc1ccc(-c2ccccc2-c2nn[nH]n2)cc1. The van der Waals surface area contributed by atoms with Crippen LogP contribution >= 0.6 is 11.6 Å². The van der Waals surface area contributed by atoms with E-state index in [4.69, 9.17) is 21.1 Å². The summed E-state index contributed by atoms with van der Waals surface area (Å²) in [7, 11) is 0. The Hall–Kier alpha value is -5.85. The van der Waals surface area contributed by atoms with Gasteiger partial charge >= 0.3 is 6.16 Å². The summed E-state index contributed by atoms with van der Waals surface area (Å²) >= 11 is 6.49. The van der Waals surface area contributed by atoms with Crippen molar-refractivity contribution in [2.75, 3.05) is 26.4 Å². The monoisotopic (exact) mass is 729 g/mol. The number of nitrogens with zero attached hydrogens (tertiary/aromatic N) is 7. The molecule has 1 unspecified atom stereocenters. The number of aromatic amines is 1. The molecule has 0 aliphatic carbocycles. The van der Waals surface area contributed by atoms with Crippen molar-refractivity contribution in [3.63, 3.8) is 0 Å². The molecule has 0 saturated carbocycles. The van der Waals surface area contributed by atoms with Gasteiger partial charge in [-0.15, -0.1) is 30.4 Å². The number of halogens is 1. The van der Waals surface area contributed by atoms with Crippen molar-refractivity contribution >= 4 is 23.7 Å². The number of ether oxygens (including phenoxy) is 2. The Kier molecular flexibility index (Phi) is 14.4. The number of H-pyrrole nitrogens is 1. The topological polar surface area (TPSA) is 242 Å².